The van der Waals surface area contributed by atoms with Crippen LogP contribution in [0.2, 0.25) is 0 Å². The summed E-state index contributed by atoms with van der Waals surface area (Å²) < 4.78 is 0. The van der Waals surface area contributed by atoms with Gasteiger partial charge in [-0.25, -0.2) is 0 Å². The second-order valence-corrected chi connectivity index (χ2v) is 6.92. The zero-order valence-electron chi connectivity index (χ0n) is 12.5. The maximum atomic E-state index is 12.6. The fourth-order valence-corrected chi connectivity index (χ4v) is 4.11. The monoisotopic (exact) mass is 278 g/mol. The third kappa shape index (κ3) is 2.70. The highest BCUT2D eigenvalue weighted by atomic mass is 16.2. The van der Waals surface area contributed by atoms with E-state index in [1.165, 1.54) is 19.3 Å². The fraction of sp³-hybridized carbons (Fsp3) is 0.875. The Morgan fingerprint density at radius 2 is 1.85 bits per heavy atom. The molecule has 2 atom stereocenters. The summed E-state index contributed by atoms with van der Waals surface area (Å²) in [5, 5.41) is 0. The summed E-state index contributed by atoms with van der Waals surface area (Å²) in [6.45, 7) is 4.65. The molecule has 2 amide bonds. The molecule has 2 aliphatic heterocycles. The van der Waals surface area contributed by atoms with E-state index in [2.05, 4.69) is 6.92 Å². The molecule has 0 radical (unpaired) electrons. The van der Waals surface area contributed by atoms with E-state index in [1.807, 2.05) is 9.80 Å². The lowest BCUT2D eigenvalue weighted by atomic mass is 9.98. The summed E-state index contributed by atoms with van der Waals surface area (Å²) in [4.78, 5) is 28.8. The Morgan fingerprint density at radius 1 is 1.10 bits per heavy atom. The van der Waals surface area contributed by atoms with Crippen LogP contribution in [0.1, 0.15) is 51.9 Å². The molecule has 0 unspecified atom stereocenters. The molecule has 0 spiro atoms. The van der Waals surface area contributed by atoms with E-state index in [-0.39, 0.29) is 17.7 Å². The molecule has 0 bridgehead atoms. The maximum Gasteiger partial charge on any atom is 0.228 e. The number of amides is 2. The first-order valence-electron chi connectivity index (χ1n) is 8.23. The van der Waals surface area contributed by atoms with E-state index >= 15 is 0 Å². The standard InChI is InChI=1S/C16H26N2O2/c1-12-5-4-8-17(10-12)16(20)13-9-15(19)18(11-13)14-6-2-3-7-14/h12-14H,2-11H2,1H3/t12-,13-/m1/s1. The van der Waals surface area contributed by atoms with Crippen LogP contribution in [0.25, 0.3) is 0 Å². The minimum atomic E-state index is -0.0756. The van der Waals surface area contributed by atoms with Crippen molar-refractivity contribution in [2.75, 3.05) is 19.6 Å². The number of carbonyl (C=O) groups is 2. The summed E-state index contributed by atoms with van der Waals surface area (Å²) in [7, 11) is 0. The lowest BCUT2D eigenvalue weighted by Crippen LogP contribution is -2.43. The summed E-state index contributed by atoms with van der Waals surface area (Å²) in [5.41, 5.74) is 0. The number of hydrogen-bond donors (Lipinski definition) is 0. The minimum absolute atomic E-state index is 0.0756. The van der Waals surface area contributed by atoms with Crippen LogP contribution >= 0.6 is 0 Å². The third-order valence-corrected chi connectivity index (χ3v) is 5.24. The predicted octanol–water partition coefficient (Wildman–Crippen LogP) is 2.04. The van der Waals surface area contributed by atoms with Gasteiger partial charge < -0.3 is 9.80 Å². The van der Waals surface area contributed by atoms with Crippen LogP contribution in [0.3, 0.4) is 0 Å². The van der Waals surface area contributed by atoms with Gasteiger partial charge in [0.15, 0.2) is 0 Å². The summed E-state index contributed by atoms with van der Waals surface area (Å²) in [5.74, 6) is 0.967. The van der Waals surface area contributed by atoms with E-state index in [9.17, 15) is 9.59 Å². The van der Waals surface area contributed by atoms with Crippen molar-refractivity contribution in [2.24, 2.45) is 11.8 Å². The topological polar surface area (TPSA) is 40.6 Å². The number of piperidine rings is 1. The Bertz CT molecular complexity index is 390. The van der Waals surface area contributed by atoms with Gasteiger partial charge >= 0.3 is 0 Å². The first-order valence-corrected chi connectivity index (χ1v) is 8.23. The van der Waals surface area contributed by atoms with Gasteiger partial charge in [0.2, 0.25) is 11.8 Å². The number of likely N-dealkylation sites (tertiary alicyclic amines) is 2. The second-order valence-electron chi connectivity index (χ2n) is 6.92. The van der Waals surface area contributed by atoms with Crippen LogP contribution < -0.4 is 0 Å². The molecule has 1 aliphatic carbocycles. The van der Waals surface area contributed by atoms with Crippen molar-refractivity contribution in [3.63, 3.8) is 0 Å². The molecule has 3 aliphatic rings. The van der Waals surface area contributed by atoms with Crippen molar-refractivity contribution in [3.8, 4) is 0 Å². The van der Waals surface area contributed by atoms with E-state index in [4.69, 9.17) is 0 Å². The zero-order chi connectivity index (χ0) is 14.1. The Hall–Kier alpha value is -1.06. The van der Waals surface area contributed by atoms with Gasteiger partial charge in [-0.15, -0.1) is 0 Å². The molecule has 3 fully saturated rings. The van der Waals surface area contributed by atoms with Crippen molar-refractivity contribution < 1.29 is 9.59 Å². The lowest BCUT2D eigenvalue weighted by molar-refractivity contribution is -0.137. The first-order chi connectivity index (χ1) is 9.65. The molecule has 3 rings (SSSR count). The van der Waals surface area contributed by atoms with Crippen LogP contribution in [0, 0.1) is 11.8 Å². The molecule has 0 aromatic heterocycles. The van der Waals surface area contributed by atoms with Gasteiger partial charge in [0, 0.05) is 32.1 Å². The highest BCUT2D eigenvalue weighted by Crippen LogP contribution is 2.30. The smallest absolute Gasteiger partial charge is 0.228 e. The fourth-order valence-electron chi connectivity index (χ4n) is 4.11. The number of hydrogen-bond acceptors (Lipinski definition) is 2. The van der Waals surface area contributed by atoms with E-state index < -0.39 is 0 Å². The molecular formula is C16H26N2O2. The van der Waals surface area contributed by atoms with E-state index in [0.29, 0.717) is 24.9 Å². The molecule has 2 heterocycles. The average Bonchev–Trinajstić information content (AvgIpc) is 3.06. The number of rotatable bonds is 2. The Labute approximate surface area is 121 Å². The Morgan fingerprint density at radius 3 is 2.55 bits per heavy atom. The summed E-state index contributed by atoms with van der Waals surface area (Å²) in [6.07, 6.45) is 7.51. The Balaban J connectivity index is 1.60. The van der Waals surface area contributed by atoms with Crippen molar-refractivity contribution in [2.45, 2.75) is 57.9 Å². The van der Waals surface area contributed by atoms with Crippen LogP contribution in [-0.4, -0.2) is 47.3 Å². The van der Waals surface area contributed by atoms with Gasteiger partial charge in [0.05, 0.1) is 5.92 Å². The van der Waals surface area contributed by atoms with Gasteiger partial charge in [0.25, 0.3) is 0 Å². The molecule has 112 valence electrons. The predicted molar refractivity (Wildman–Crippen MR) is 77.1 cm³/mol. The molecule has 20 heavy (non-hydrogen) atoms. The number of carbonyl (C=O) groups excluding carboxylic acids is 2. The largest absolute Gasteiger partial charge is 0.342 e. The molecule has 0 aromatic carbocycles. The third-order valence-electron chi connectivity index (χ3n) is 5.24. The first kappa shape index (κ1) is 13.9. The molecule has 4 heteroatoms. The SMILES string of the molecule is C[C@@H]1CCCN(C(=O)[C@@H]2CC(=O)N(C3CCCC3)C2)C1. The lowest BCUT2D eigenvalue weighted by Gasteiger charge is -2.33. The highest BCUT2D eigenvalue weighted by Gasteiger charge is 2.40. The van der Waals surface area contributed by atoms with Crippen LogP contribution in [-0.2, 0) is 9.59 Å². The zero-order valence-corrected chi connectivity index (χ0v) is 12.5. The van der Waals surface area contributed by atoms with Gasteiger partial charge in [-0.1, -0.05) is 19.8 Å². The Kier molecular flexibility index (Phi) is 3.99. The molecule has 1 saturated carbocycles. The molecule has 4 nitrogen and oxygen atoms in total. The maximum absolute atomic E-state index is 12.6. The second kappa shape index (κ2) is 5.74. The van der Waals surface area contributed by atoms with Gasteiger partial charge in [-0.2, -0.15) is 0 Å². The van der Waals surface area contributed by atoms with Crippen LogP contribution in [0.15, 0.2) is 0 Å². The van der Waals surface area contributed by atoms with Gasteiger partial charge in [-0.3, -0.25) is 9.59 Å². The molecule has 0 N–H and O–H groups in total. The van der Waals surface area contributed by atoms with Gasteiger partial charge in [0.1, 0.15) is 0 Å². The van der Waals surface area contributed by atoms with E-state index in [0.717, 1.165) is 32.4 Å². The normalized spacial score (nSPS) is 32.1. The van der Waals surface area contributed by atoms with E-state index in [1.54, 1.807) is 0 Å². The quantitative estimate of drug-likeness (QED) is 0.775. The van der Waals surface area contributed by atoms with Crippen molar-refractivity contribution >= 4 is 11.8 Å². The average molecular weight is 278 g/mol. The molecular weight excluding hydrogens is 252 g/mol. The minimum Gasteiger partial charge on any atom is -0.342 e. The highest BCUT2D eigenvalue weighted by molar-refractivity contribution is 5.89. The summed E-state index contributed by atoms with van der Waals surface area (Å²) >= 11 is 0. The van der Waals surface area contributed by atoms with Crippen LogP contribution in [0.4, 0.5) is 0 Å². The molecule has 0 aromatic rings. The molecule has 2 saturated heterocycles. The van der Waals surface area contributed by atoms with Crippen LogP contribution in [0.5, 0.6) is 0 Å². The summed E-state index contributed by atoms with van der Waals surface area (Å²) in [6, 6.07) is 0.417. The van der Waals surface area contributed by atoms with Crippen molar-refractivity contribution in [3.05, 3.63) is 0 Å². The number of nitrogens with zero attached hydrogens (tertiary/aromatic N) is 2. The van der Waals surface area contributed by atoms with Crippen molar-refractivity contribution in [1.29, 1.82) is 0 Å². The van der Waals surface area contributed by atoms with Crippen molar-refractivity contribution in [1.82, 2.24) is 9.80 Å². The van der Waals surface area contributed by atoms with Gasteiger partial charge in [-0.05, 0) is 31.6 Å².